The van der Waals surface area contributed by atoms with Gasteiger partial charge in [0.05, 0.1) is 23.3 Å². The molecule has 0 bridgehead atoms. The number of likely N-dealkylation sites (tertiary alicyclic amines) is 1. The number of rotatable bonds is 5. The number of hydrogen-bond acceptors (Lipinski definition) is 6. The van der Waals surface area contributed by atoms with E-state index in [1.54, 1.807) is 31.4 Å². The van der Waals surface area contributed by atoms with Crippen molar-refractivity contribution in [1.82, 2.24) is 4.90 Å². The Morgan fingerprint density at radius 1 is 0.938 bits per heavy atom. The number of nitro groups is 1. The molecule has 2 amide bonds. The Morgan fingerprint density at radius 2 is 1.53 bits per heavy atom. The van der Waals surface area contributed by atoms with Crippen LogP contribution >= 0.6 is 0 Å². The minimum Gasteiger partial charge on any atom is -0.497 e. The van der Waals surface area contributed by atoms with Crippen LogP contribution in [0.5, 0.6) is 5.75 Å². The molecule has 2 aromatic rings. The van der Waals surface area contributed by atoms with Gasteiger partial charge in [-0.15, -0.1) is 0 Å². The molecule has 0 N–H and O–H groups in total. The lowest BCUT2D eigenvalue weighted by Gasteiger charge is -2.37. The summed E-state index contributed by atoms with van der Waals surface area (Å²) < 4.78 is 5.18. The van der Waals surface area contributed by atoms with E-state index in [4.69, 9.17) is 4.74 Å². The number of amides is 2. The first kappa shape index (κ1) is 21.5. The average molecular weight is 435 g/mol. The summed E-state index contributed by atoms with van der Waals surface area (Å²) in [6.45, 7) is 5.62. The highest BCUT2D eigenvalue weighted by molar-refractivity contribution is 6.45. The predicted octanol–water partition coefficient (Wildman–Crippen LogP) is 3.87. The van der Waals surface area contributed by atoms with Crippen molar-refractivity contribution in [3.63, 3.8) is 0 Å². The molecular formula is C24H25N3O5. The van der Waals surface area contributed by atoms with Crippen LogP contribution in [0.25, 0.3) is 5.57 Å². The average Bonchev–Trinajstić information content (AvgIpc) is 3.03. The number of piperidine rings is 1. The lowest BCUT2D eigenvalue weighted by molar-refractivity contribution is -0.384. The molecule has 0 aliphatic carbocycles. The maximum atomic E-state index is 13.6. The maximum absolute atomic E-state index is 13.6. The first-order valence-electron chi connectivity index (χ1n) is 10.6. The fourth-order valence-electron chi connectivity index (χ4n) is 4.63. The zero-order valence-corrected chi connectivity index (χ0v) is 18.3. The molecule has 2 unspecified atom stereocenters. The zero-order chi connectivity index (χ0) is 23.0. The third kappa shape index (κ3) is 3.84. The minimum atomic E-state index is -0.488. The Balaban J connectivity index is 1.80. The highest BCUT2D eigenvalue weighted by atomic mass is 16.6. The van der Waals surface area contributed by atoms with Crippen molar-refractivity contribution >= 4 is 28.8 Å². The van der Waals surface area contributed by atoms with Crippen LogP contribution in [-0.2, 0) is 9.59 Å². The zero-order valence-electron chi connectivity index (χ0n) is 18.3. The molecule has 0 saturated carbocycles. The predicted molar refractivity (Wildman–Crippen MR) is 120 cm³/mol. The van der Waals surface area contributed by atoms with Crippen LogP contribution in [0.4, 0.5) is 11.4 Å². The molecule has 2 aliphatic rings. The molecular weight excluding hydrogens is 410 g/mol. The molecule has 1 saturated heterocycles. The molecule has 0 aromatic heterocycles. The molecule has 1 fully saturated rings. The molecule has 8 nitrogen and oxygen atoms in total. The van der Waals surface area contributed by atoms with Crippen LogP contribution in [0.1, 0.15) is 25.8 Å². The second-order valence-electron chi connectivity index (χ2n) is 8.52. The topological polar surface area (TPSA) is 93.0 Å². The fourth-order valence-corrected chi connectivity index (χ4v) is 4.63. The van der Waals surface area contributed by atoms with Crippen LogP contribution in [-0.4, -0.2) is 41.8 Å². The Kier molecular flexibility index (Phi) is 5.69. The van der Waals surface area contributed by atoms with E-state index in [9.17, 15) is 19.7 Å². The van der Waals surface area contributed by atoms with Crippen molar-refractivity contribution in [3.05, 3.63) is 69.9 Å². The van der Waals surface area contributed by atoms with E-state index in [-0.39, 0.29) is 17.2 Å². The molecule has 0 spiro atoms. The number of carbonyl (C=O) groups is 2. The van der Waals surface area contributed by atoms with Gasteiger partial charge in [-0.2, -0.15) is 0 Å². The molecule has 2 aromatic carbocycles. The SMILES string of the molecule is COc1ccc(N2C(=O)C(c3ccc([N+](=O)[O-])cc3)=C(N3CC(C)CC(C)C3)C2=O)cc1. The largest absolute Gasteiger partial charge is 0.497 e. The number of methoxy groups -OCH3 is 1. The Hall–Kier alpha value is -3.68. The lowest BCUT2D eigenvalue weighted by atomic mass is 9.91. The summed E-state index contributed by atoms with van der Waals surface area (Å²) in [4.78, 5) is 40.9. The van der Waals surface area contributed by atoms with E-state index < -0.39 is 10.8 Å². The van der Waals surface area contributed by atoms with Crippen LogP contribution in [0, 0.1) is 22.0 Å². The minimum absolute atomic E-state index is 0.0695. The maximum Gasteiger partial charge on any atom is 0.282 e. The summed E-state index contributed by atoms with van der Waals surface area (Å²) in [6.07, 6.45) is 1.06. The van der Waals surface area contributed by atoms with Crippen molar-refractivity contribution in [2.75, 3.05) is 25.1 Å². The van der Waals surface area contributed by atoms with Crippen molar-refractivity contribution in [2.24, 2.45) is 11.8 Å². The number of carbonyl (C=O) groups excluding carboxylic acids is 2. The number of anilines is 1. The summed E-state index contributed by atoms with van der Waals surface area (Å²) >= 11 is 0. The number of benzene rings is 2. The molecule has 8 heteroatoms. The first-order valence-corrected chi connectivity index (χ1v) is 10.6. The van der Waals surface area contributed by atoms with Gasteiger partial charge in [-0.25, -0.2) is 4.90 Å². The van der Waals surface area contributed by atoms with Gasteiger partial charge in [0.1, 0.15) is 11.4 Å². The Bertz CT molecular complexity index is 1080. The fraction of sp³-hybridized carbons (Fsp3) is 0.333. The highest BCUT2D eigenvalue weighted by Gasteiger charge is 2.43. The van der Waals surface area contributed by atoms with E-state index >= 15 is 0 Å². The normalized spacial score (nSPS) is 21.3. The number of nitrogens with zero attached hydrogens (tertiary/aromatic N) is 3. The Labute approximate surface area is 186 Å². The van der Waals surface area contributed by atoms with Crippen LogP contribution in [0.15, 0.2) is 54.2 Å². The summed E-state index contributed by atoms with van der Waals surface area (Å²) in [5.41, 5.74) is 1.51. The number of imide groups is 1. The van der Waals surface area contributed by atoms with E-state index in [2.05, 4.69) is 13.8 Å². The number of ether oxygens (including phenoxy) is 1. The van der Waals surface area contributed by atoms with Gasteiger partial charge < -0.3 is 9.64 Å². The molecule has 2 heterocycles. The van der Waals surface area contributed by atoms with Gasteiger partial charge in [0.25, 0.3) is 17.5 Å². The smallest absolute Gasteiger partial charge is 0.282 e. The van der Waals surface area contributed by atoms with Crippen molar-refractivity contribution in [1.29, 1.82) is 0 Å². The second-order valence-corrected chi connectivity index (χ2v) is 8.52. The van der Waals surface area contributed by atoms with E-state index in [1.165, 1.54) is 29.2 Å². The Morgan fingerprint density at radius 3 is 2.06 bits per heavy atom. The third-order valence-corrected chi connectivity index (χ3v) is 5.94. The molecule has 4 rings (SSSR count). The van der Waals surface area contributed by atoms with Gasteiger partial charge in [-0.05, 0) is 60.2 Å². The van der Waals surface area contributed by atoms with E-state index in [1.807, 2.05) is 4.90 Å². The first-order chi connectivity index (χ1) is 15.3. The number of nitro benzene ring substituents is 1. The van der Waals surface area contributed by atoms with Crippen molar-refractivity contribution in [2.45, 2.75) is 20.3 Å². The van der Waals surface area contributed by atoms with Gasteiger partial charge >= 0.3 is 0 Å². The molecule has 166 valence electrons. The number of non-ortho nitro benzene ring substituents is 1. The summed E-state index contributed by atoms with van der Waals surface area (Å²) in [5, 5.41) is 11.1. The highest BCUT2D eigenvalue weighted by Crippen LogP contribution is 2.38. The summed E-state index contributed by atoms with van der Waals surface area (Å²) in [7, 11) is 1.55. The second kappa shape index (κ2) is 8.45. The number of hydrogen-bond donors (Lipinski definition) is 0. The van der Waals surface area contributed by atoms with Gasteiger partial charge in [-0.1, -0.05) is 13.8 Å². The molecule has 2 aliphatic heterocycles. The van der Waals surface area contributed by atoms with Crippen molar-refractivity contribution in [3.8, 4) is 5.75 Å². The van der Waals surface area contributed by atoms with Crippen molar-refractivity contribution < 1.29 is 19.2 Å². The standard InChI is InChI=1S/C24H25N3O5/c1-15-12-16(2)14-25(13-15)22-21(17-4-6-19(7-5-17)27(30)31)23(28)26(24(22)29)18-8-10-20(32-3)11-9-18/h4-11,15-16H,12-14H2,1-3H3. The van der Waals surface area contributed by atoms with Crippen LogP contribution in [0.2, 0.25) is 0 Å². The van der Waals surface area contributed by atoms with Crippen LogP contribution in [0.3, 0.4) is 0 Å². The monoisotopic (exact) mass is 435 g/mol. The quantitative estimate of drug-likeness (QED) is 0.402. The van der Waals surface area contributed by atoms with E-state index in [0.717, 1.165) is 6.42 Å². The van der Waals surface area contributed by atoms with Gasteiger partial charge in [0, 0.05) is 25.2 Å². The van der Waals surface area contributed by atoms with E-state index in [0.29, 0.717) is 47.6 Å². The van der Waals surface area contributed by atoms with Gasteiger partial charge in [-0.3, -0.25) is 19.7 Å². The molecule has 0 radical (unpaired) electrons. The van der Waals surface area contributed by atoms with Gasteiger partial charge in [0.2, 0.25) is 0 Å². The summed E-state index contributed by atoms with van der Waals surface area (Å²) in [5.74, 6) is 0.560. The molecule has 32 heavy (non-hydrogen) atoms. The lowest BCUT2D eigenvalue weighted by Crippen LogP contribution is -2.42. The molecule has 2 atom stereocenters. The van der Waals surface area contributed by atoms with Crippen LogP contribution < -0.4 is 9.64 Å². The third-order valence-electron chi connectivity index (χ3n) is 5.94. The summed E-state index contributed by atoms with van der Waals surface area (Å²) in [6, 6.07) is 12.5. The van der Waals surface area contributed by atoms with Gasteiger partial charge in [0.15, 0.2) is 0 Å².